The Balaban J connectivity index is 1.61. The molecule has 4 rings (SSSR count). The number of nitrogens with zero attached hydrogens (tertiary/aromatic N) is 2. The summed E-state index contributed by atoms with van der Waals surface area (Å²) in [6, 6.07) is 8.76. The monoisotopic (exact) mass is 423 g/mol. The molecule has 1 N–H and O–H groups in total. The van der Waals surface area contributed by atoms with Gasteiger partial charge >= 0.3 is 0 Å². The lowest BCUT2D eigenvalue weighted by Gasteiger charge is -2.36. The van der Waals surface area contributed by atoms with Crippen molar-refractivity contribution in [2.24, 2.45) is 0 Å². The fraction of sp³-hybridized carbons (Fsp3) is 0.391. The molecule has 31 heavy (non-hydrogen) atoms. The number of hydrogen-bond acceptors (Lipinski definition) is 5. The quantitative estimate of drug-likeness (QED) is 0.744. The Kier molecular flexibility index (Phi) is 5.88. The standard InChI is InChI=1S/C23H25N3O5/c1-15(27)24-16-9-11-18(12-10-16)26-21(28)14-19(22(26)29)25(17-6-3-2-4-7-17)23(30)20-8-5-13-31-20/h5,8-13,17,19H,2-4,6-7,14H2,1H3,(H,24,27). The lowest BCUT2D eigenvalue weighted by atomic mass is 9.92. The molecule has 2 fully saturated rings. The first-order chi connectivity index (χ1) is 15.0. The first kappa shape index (κ1) is 20.8. The third-order valence-corrected chi connectivity index (χ3v) is 5.84. The molecule has 0 spiro atoms. The molecular weight excluding hydrogens is 398 g/mol. The second-order valence-electron chi connectivity index (χ2n) is 8.00. The summed E-state index contributed by atoms with van der Waals surface area (Å²) in [7, 11) is 0. The predicted octanol–water partition coefficient (Wildman–Crippen LogP) is 3.35. The molecule has 1 aliphatic heterocycles. The highest BCUT2D eigenvalue weighted by atomic mass is 16.3. The Morgan fingerprint density at radius 2 is 1.77 bits per heavy atom. The zero-order valence-corrected chi connectivity index (χ0v) is 17.4. The largest absolute Gasteiger partial charge is 0.459 e. The van der Waals surface area contributed by atoms with Crippen molar-refractivity contribution in [1.29, 1.82) is 0 Å². The van der Waals surface area contributed by atoms with Crippen molar-refractivity contribution in [2.75, 3.05) is 10.2 Å². The van der Waals surface area contributed by atoms with E-state index in [1.54, 1.807) is 41.3 Å². The lowest BCUT2D eigenvalue weighted by Crippen LogP contribution is -2.51. The Morgan fingerprint density at radius 3 is 2.39 bits per heavy atom. The molecule has 0 bridgehead atoms. The molecule has 1 aliphatic carbocycles. The van der Waals surface area contributed by atoms with E-state index in [9.17, 15) is 19.2 Å². The SMILES string of the molecule is CC(=O)Nc1ccc(N2C(=O)CC(N(C(=O)c3ccco3)C3CCCCC3)C2=O)cc1. The van der Waals surface area contributed by atoms with Crippen LogP contribution in [0, 0.1) is 0 Å². The number of furan rings is 1. The van der Waals surface area contributed by atoms with Crippen molar-refractivity contribution in [1.82, 2.24) is 4.90 Å². The summed E-state index contributed by atoms with van der Waals surface area (Å²) in [6.45, 7) is 1.40. The number of anilines is 2. The first-order valence-corrected chi connectivity index (χ1v) is 10.6. The average Bonchev–Trinajstić information content (AvgIpc) is 3.38. The van der Waals surface area contributed by atoms with Crippen LogP contribution < -0.4 is 10.2 Å². The molecule has 8 heteroatoms. The topological polar surface area (TPSA) is 99.9 Å². The number of nitrogens with one attached hydrogen (secondary N) is 1. The maximum absolute atomic E-state index is 13.3. The van der Waals surface area contributed by atoms with E-state index in [-0.39, 0.29) is 35.9 Å². The summed E-state index contributed by atoms with van der Waals surface area (Å²) < 4.78 is 5.31. The van der Waals surface area contributed by atoms with Gasteiger partial charge in [-0.2, -0.15) is 0 Å². The highest BCUT2D eigenvalue weighted by molar-refractivity contribution is 6.23. The lowest BCUT2D eigenvalue weighted by molar-refractivity contribution is -0.123. The highest BCUT2D eigenvalue weighted by Gasteiger charge is 2.47. The molecule has 2 aromatic rings. The van der Waals surface area contributed by atoms with Crippen molar-refractivity contribution in [3.63, 3.8) is 0 Å². The molecule has 162 valence electrons. The second-order valence-corrected chi connectivity index (χ2v) is 8.00. The molecule has 8 nitrogen and oxygen atoms in total. The minimum atomic E-state index is -0.858. The number of amides is 4. The van der Waals surface area contributed by atoms with Crippen molar-refractivity contribution in [3.05, 3.63) is 48.4 Å². The maximum Gasteiger partial charge on any atom is 0.290 e. The van der Waals surface area contributed by atoms with Gasteiger partial charge in [0.05, 0.1) is 18.4 Å². The van der Waals surface area contributed by atoms with Crippen LogP contribution in [0.5, 0.6) is 0 Å². The molecule has 1 saturated heterocycles. The molecule has 2 aliphatic rings. The molecule has 1 atom stereocenters. The molecule has 1 saturated carbocycles. The molecule has 1 aromatic heterocycles. The van der Waals surface area contributed by atoms with E-state index >= 15 is 0 Å². The number of benzene rings is 1. The summed E-state index contributed by atoms with van der Waals surface area (Å²) in [5.74, 6) is -1.16. The number of carbonyl (C=O) groups is 4. The van der Waals surface area contributed by atoms with Gasteiger partial charge in [0.25, 0.3) is 11.8 Å². The van der Waals surface area contributed by atoms with Gasteiger partial charge < -0.3 is 14.6 Å². The number of hydrogen-bond donors (Lipinski definition) is 1. The van der Waals surface area contributed by atoms with Crippen molar-refractivity contribution < 1.29 is 23.6 Å². The third kappa shape index (κ3) is 4.23. The Labute approximate surface area is 180 Å². The van der Waals surface area contributed by atoms with Gasteiger partial charge in [-0.15, -0.1) is 0 Å². The van der Waals surface area contributed by atoms with Crippen LogP contribution in [0.25, 0.3) is 0 Å². The van der Waals surface area contributed by atoms with Gasteiger partial charge in [-0.1, -0.05) is 19.3 Å². The average molecular weight is 423 g/mol. The molecular formula is C23H25N3O5. The van der Waals surface area contributed by atoms with E-state index in [1.165, 1.54) is 13.2 Å². The van der Waals surface area contributed by atoms with Crippen LogP contribution in [0.2, 0.25) is 0 Å². The van der Waals surface area contributed by atoms with Gasteiger partial charge in [-0.05, 0) is 49.2 Å². The Bertz CT molecular complexity index is 977. The fourth-order valence-corrected chi connectivity index (χ4v) is 4.45. The van der Waals surface area contributed by atoms with Gasteiger partial charge in [0.15, 0.2) is 5.76 Å². The molecule has 1 aromatic carbocycles. The van der Waals surface area contributed by atoms with E-state index in [2.05, 4.69) is 5.32 Å². The second kappa shape index (κ2) is 8.75. The van der Waals surface area contributed by atoms with Crippen LogP contribution in [0.4, 0.5) is 11.4 Å². The maximum atomic E-state index is 13.3. The fourth-order valence-electron chi connectivity index (χ4n) is 4.45. The minimum Gasteiger partial charge on any atom is -0.459 e. The number of rotatable bonds is 5. The van der Waals surface area contributed by atoms with Gasteiger partial charge in [-0.25, -0.2) is 4.90 Å². The van der Waals surface area contributed by atoms with Gasteiger partial charge in [0.1, 0.15) is 6.04 Å². The molecule has 2 heterocycles. The van der Waals surface area contributed by atoms with E-state index in [0.29, 0.717) is 11.4 Å². The van der Waals surface area contributed by atoms with Crippen LogP contribution in [-0.2, 0) is 14.4 Å². The minimum absolute atomic E-state index is 0.0603. The molecule has 4 amide bonds. The van der Waals surface area contributed by atoms with E-state index in [1.807, 2.05) is 0 Å². The molecule has 0 radical (unpaired) electrons. The van der Waals surface area contributed by atoms with Gasteiger partial charge in [-0.3, -0.25) is 19.2 Å². The third-order valence-electron chi connectivity index (χ3n) is 5.84. The summed E-state index contributed by atoms with van der Waals surface area (Å²) in [4.78, 5) is 53.3. The zero-order valence-electron chi connectivity index (χ0n) is 17.4. The number of imide groups is 1. The Morgan fingerprint density at radius 1 is 1.06 bits per heavy atom. The van der Waals surface area contributed by atoms with Gasteiger partial charge in [0, 0.05) is 18.7 Å². The van der Waals surface area contributed by atoms with Crippen molar-refractivity contribution in [2.45, 2.75) is 57.5 Å². The summed E-state index contributed by atoms with van der Waals surface area (Å²) in [5, 5.41) is 2.65. The van der Waals surface area contributed by atoms with E-state index in [0.717, 1.165) is 37.0 Å². The van der Waals surface area contributed by atoms with Crippen LogP contribution in [-0.4, -0.2) is 40.6 Å². The molecule has 1 unspecified atom stereocenters. The highest BCUT2D eigenvalue weighted by Crippen LogP contribution is 2.32. The Hall–Kier alpha value is -3.42. The van der Waals surface area contributed by atoms with Crippen LogP contribution in [0.1, 0.15) is 56.0 Å². The smallest absolute Gasteiger partial charge is 0.290 e. The summed E-state index contributed by atoms with van der Waals surface area (Å²) in [5.41, 5.74) is 0.990. The van der Waals surface area contributed by atoms with Gasteiger partial charge in [0.2, 0.25) is 11.8 Å². The number of carbonyl (C=O) groups excluding carboxylic acids is 4. The zero-order chi connectivity index (χ0) is 22.0. The van der Waals surface area contributed by atoms with E-state index in [4.69, 9.17) is 4.42 Å². The van der Waals surface area contributed by atoms with Crippen LogP contribution in [0.15, 0.2) is 47.1 Å². The van der Waals surface area contributed by atoms with Crippen LogP contribution >= 0.6 is 0 Å². The predicted molar refractivity (Wildman–Crippen MR) is 113 cm³/mol. The normalized spacial score (nSPS) is 19.5. The van der Waals surface area contributed by atoms with E-state index < -0.39 is 11.9 Å². The first-order valence-electron chi connectivity index (χ1n) is 10.6. The van der Waals surface area contributed by atoms with Crippen molar-refractivity contribution >= 4 is 35.0 Å². The summed E-state index contributed by atoms with van der Waals surface area (Å²) in [6.07, 6.45) is 6.03. The van der Waals surface area contributed by atoms with Crippen LogP contribution in [0.3, 0.4) is 0 Å². The van der Waals surface area contributed by atoms with Crippen molar-refractivity contribution in [3.8, 4) is 0 Å². The summed E-state index contributed by atoms with van der Waals surface area (Å²) >= 11 is 0.